The second-order valence-electron chi connectivity index (χ2n) is 6.89. The van der Waals surface area contributed by atoms with E-state index in [0.717, 1.165) is 26.9 Å². The molecule has 0 saturated carbocycles. The fraction of sp³-hybridized carbons (Fsp3) is 0. The highest BCUT2D eigenvalue weighted by Gasteiger charge is 2.25. The summed E-state index contributed by atoms with van der Waals surface area (Å²) in [6, 6.07) is 24.7. The molecular formula is C23H16BNO3. The monoisotopic (exact) mass is 365 g/mol. The van der Waals surface area contributed by atoms with Crippen molar-refractivity contribution >= 4 is 56.5 Å². The van der Waals surface area contributed by atoms with Crippen LogP contribution >= 0.6 is 0 Å². The lowest BCUT2D eigenvalue weighted by molar-refractivity contribution is 0.102. The summed E-state index contributed by atoms with van der Waals surface area (Å²) in [6.07, 6.45) is 0. The van der Waals surface area contributed by atoms with Crippen LogP contribution < -0.4 is 10.8 Å². The summed E-state index contributed by atoms with van der Waals surface area (Å²) < 4.78 is 0. The maximum Gasteiger partial charge on any atom is 0.489 e. The van der Waals surface area contributed by atoms with Crippen LogP contribution in [0.15, 0.2) is 78.9 Å². The smallest absolute Gasteiger partial charge is 0.423 e. The molecule has 5 rings (SSSR count). The molecule has 28 heavy (non-hydrogen) atoms. The van der Waals surface area contributed by atoms with Gasteiger partial charge < -0.3 is 15.4 Å². The third kappa shape index (κ3) is 2.53. The average molecular weight is 365 g/mol. The Morgan fingerprint density at radius 3 is 2.14 bits per heavy atom. The number of nitrogens with one attached hydrogen (secondary N) is 1. The third-order valence-electron chi connectivity index (χ3n) is 5.21. The van der Waals surface area contributed by atoms with E-state index in [1.165, 1.54) is 0 Å². The van der Waals surface area contributed by atoms with Gasteiger partial charge in [0.15, 0.2) is 0 Å². The number of amides is 1. The quantitative estimate of drug-likeness (QED) is 0.339. The summed E-state index contributed by atoms with van der Waals surface area (Å²) >= 11 is 0. The standard InChI is InChI=1S/C23H16BNO3/c26-23(25-17-7-2-1-3-8-17)22-18-12-11-15-6-4-5-14-9-10-16(21(18)20(14)15)13-19(22)24(27)28/h1-13,27-28H,(H,25,26). The van der Waals surface area contributed by atoms with Crippen LogP contribution in [0.2, 0.25) is 0 Å². The van der Waals surface area contributed by atoms with Gasteiger partial charge in [-0.25, -0.2) is 0 Å². The van der Waals surface area contributed by atoms with Gasteiger partial charge in [-0.3, -0.25) is 4.79 Å². The van der Waals surface area contributed by atoms with Gasteiger partial charge >= 0.3 is 7.12 Å². The summed E-state index contributed by atoms with van der Waals surface area (Å²) in [7, 11) is -1.75. The van der Waals surface area contributed by atoms with Crippen molar-refractivity contribution in [1.29, 1.82) is 0 Å². The molecule has 5 aromatic rings. The van der Waals surface area contributed by atoms with E-state index in [0.29, 0.717) is 11.1 Å². The predicted octanol–water partition coefficient (Wildman–Crippen LogP) is 3.52. The molecule has 3 N–H and O–H groups in total. The minimum Gasteiger partial charge on any atom is -0.423 e. The van der Waals surface area contributed by atoms with Crippen LogP contribution in [-0.2, 0) is 0 Å². The number of hydrogen-bond acceptors (Lipinski definition) is 3. The van der Waals surface area contributed by atoms with E-state index in [2.05, 4.69) is 5.32 Å². The van der Waals surface area contributed by atoms with E-state index >= 15 is 0 Å². The van der Waals surface area contributed by atoms with Crippen LogP contribution in [0, 0.1) is 0 Å². The molecule has 5 aromatic carbocycles. The Hall–Kier alpha value is -3.41. The summed E-state index contributed by atoms with van der Waals surface area (Å²) in [5, 5.41) is 28.6. The van der Waals surface area contributed by atoms with Gasteiger partial charge in [0.1, 0.15) is 0 Å². The van der Waals surface area contributed by atoms with Crippen molar-refractivity contribution < 1.29 is 14.8 Å². The molecule has 0 aliphatic carbocycles. The molecule has 134 valence electrons. The van der Waals surface area contributed by atoms with Crippen LogP contribution in [0.4, 0.5) is 5.69 Å². The predicted molar refractivity (Wildman–Crippen MR) is 114 cm³/mol. The van der Waals surface area contributed by atoms with Crippen molar-refractivity contribution in [3.8, 4) is 0 Å². The van der Waals surface area contributed by atoms with Crippen molar-refractivity contribution in [3.63, 3.8) is 0 Å². The number of hydrogen-bond donors (Lipinski definition) is 3. The molecule has 5 heteroatoms. The summed E-state index contributed by atoms with van der Waals surface area (Å²) in [4.78, 5) is 13.2. The molecule has 0 fully saturated rings. The molecule has 0 aliphatic rings. The number of carbonyl (C=O) groups is 1. The third-order valence-corrected chi connectivity index (χ3v) is 5.21. The molecule has 0 aliphatic heterocycles. The van der Waals surface area contributed by atoms with Crippen molar-refractivity contribution in [3.05, 3.63) is 84.4 Å². The van der Waals surface area contributed by atoms with E-state index in [4.69, 9.17) is 0 Å². The molecule has 0 bridgehead atoms. The normalized spacial score (nSPS) is 11.4. The fourth-order valence-corrected chi connectivity index (χ4v) is 4.01. The van der Waals surface area contributed by atoms with Gasteiger partial charge in [0.05, 0.1) is 0 Å². The maximum absolute atomic E-state index is 13.2. The molecule has 4 nitrogen and oxygen atoms in total. The van der Waals surface area contributed by atoms with E-state index in [9.17, 15) is 14.8 Å². The topological polar surface area (TPSA) is 69.6 Å². The first-order valence-electron chi connectivity index (χ1n) is 9.06. The number of carbonyl (C=O) groups excluding carboxylic acids is 1. The molecule has 0 radical (unpaired) electrons. The highest BCUT2D eigenvalue weighted by atomic mass is 16.4. The van der Waals surface area contributed by atoms with Gasteiger partial charge in [0, 0.05) is 11.3 Å². The minimum atomic E-state index is -1.75. The highest BCUT2D eigenvalue weighted by Crippen LogP contribution is 2.35. The average Bonchev–Trinajstić information content (AvgIpc) is 2.72. The molecule has 1 amide bonds. The summed E-state index contributed by atoms with van der Waals surface area (Å²) in [6.45, 7) is 0. The Morgan fingerprint density at radius 1 is 0.750 bits per heavy atom. The van der Waals surface area contributed by atoms with Crippen molar-refractivity contribution in [2.45, 2.75) is 0 Å². The number of benzene rings is 5. The maximum atomic E-state index is 13.2. The van der Waals surface area contributed by atoms with Crippen LogP contribution in [0.5, 0.6) is 0 Å². The van der Waals surface area contributed by atoms with E-state index in [1.54, 1.807) is 18.2 Å². The molecule has 0 unspecified atom stereocenters. The molecule has 0 spiro atoms. The van der Waals surface area contributed by atoms with Crippen molar-refractivity contribution in [2.75, 3.05) is 5.32 Å². The van der Waals surface area contributed by atoms with E-state index in [1.807, 2.05) is 60.7 Å². The molecule has 0 aromatic heterocycles. The van der Waals surface area contributed by atoms with Crippen LogP contribution in [0.3, 0.4) is 0 Å². The fourth-order valence-electron chi connectivity index (χ4n) is 4.01. The lowest BCUT2D eigenvalue weighted by atomic mass is 9.73. The van der Waals surface area contributed by atoms with Crippen molar-refractivity contribution in [1.82, 2.24) is 0 Å². The van der Waals surface area contributed by atoms with Gasteiger partial charge in [0.25, 0.3) is 5.91 Å². The molecule has 0 atom stereocenters. The van der Waals surface area contributed by atoms with Crippen molar-refractivity contribution in [2.24, 2.45) is 0 Å². The molecule has 0 saturated heterocycles. The van der Waals surface area contributed by atoms with Gasteiger partial charge in [-0.15, -0.1) is 0 Å². The van der Waals surface area contributed by atoms with Gasteiger partial charge in [0.2, 0.25) is 0 Å². The first-order valence-corrected chi connectivity index (χ1v) is 9.06. The Morgan fingerprint density at radius 2 is 1.43 bits per heavy atom. The Kier molecular flexibility index (Phi) is 3.79. The Bertz CT molecular complexity index is 1320. The van der Waals surface area contributed by atoms with E-state index in [-0.39, 0.29) is 16.9 Å². The van der Waals surface area contributed by atoms with Gasteiger partial charge in [-0.2, -0.15) is 0 Å². The van der Waals surface area contributed by atoms with E-state index < -0.39 is 7.12 Å². The van der Waals surface area contributed by atoms with Gasteiger partial charge in [-0.1, -0.05) is 66.7 Å². The summed E-state index contributed by atoms with van der Waals surface area (Å²) in [5.41, 5.74) is 1.13. The largest absolute Gasteiger partial charge is 0.489 e. The lowest BCUT2D eigenvalue weighted by Gasteiger charge is -2.17. The Balaban J connectivity index is 1.83. The number of para-hydroxylation sites is 1. The highest BCUT2D eigenvalue weighted by molar-refractivity contribution is 6.62. The number of rotatable bonds is 3. The Labute approximate surface area is 161 Å². The van der Waals surface area contributed by atoms with Gasteiger partial charge in [-0.05, 0) is 49.9 Å². The SMILES string of the molecule is O=C(Nc1ccccc1)c1c(B(O)O)cc2ccc3cccc4ccc1c2c34. The molecular weight excluding hydrogens is 349 g/mol. The number of anilines is 1. The van der Waals surface area contributed by atoms with Crippen LogP contribution in [0.25, 0.3) is 32.3 Å². The second-order valence-corrected chi connectivity index (χ2v) is 6.89. The first-order chi connectivity index (χ1) is 13.6. The first kappa shape index (κ1) is 16.7. The lowest BCUT2D eigenvalue weighted by Crippen LogP contribution is -2.36. The van der Waals surface area contributed by atoms with Crippen LogP contribution in [-0.4, -0.2) is 23.1 Å². The molecule has 0 heterocycles. The zero-order valence-electron chi connectivity index (χ0n) is 14.9. The minimum absolute atomic E-state index is 0.194. The zero-order chi connectivity index (χ0) is 19.3. The second kappa shape index (κ2) is 6.34. The van der Waals surface area contributed by atoms with Crippen LogP contribution in [0.1, 0.15) is 10.4 Å². The zero-order valence-corrected chi connectivity index (χ0v) is 14.9. The summed E-state index contributed by atoms with van der Waals surface area (Å²) in [5.74, 6) is -0.368.